The van der Waals surface area contributed by atoms with Crippen LogP contribution in [0.25, 0.3) is 0 Å². The van der Waals surface area contributed by atoms with Crippen molar-refractivity contribution in [1.82, 2.24) is 4.90 Å². The van der Waals surface area contributed by atoms with Crippen molar-refractivity contribution >= 4 is 27.7 Å². The maximum Gasteiger partial charge on any atom is 0.0474 e. The summed E-state index contributed by atoms with van der Waals surface area (Å²) < 4.78 is 1.13. The summed E-state index contributed by atoms with van der Waals surface area (Å²) in [5.74, 6) is 2.43. The molecule has 0 bridgehead atoms. The first-order chi connectivity index (χ1) is 8.22. The zero-order valence-electron chi connectivity index (χ0n) is 10.1. The van der Waals surface area contributed by atoms with Crippen LogP contribution in [0.4, 0.5) is 0 Å². The summed E-state index contributed by atoms with van der Waals surface area (Å²) in [5.41, 5.74) is 7.30. The van der Waals surface area contributed by atoms with Gasteiger partial charge in [-0.05, 0) is 24.6 Å². The Labute approximate surface area is 116 Å². The van der Waals surface area contributed by atoms with E-state index in [0.29, 0.717) is 18.6 Å². The van der Waals surface area contributed by atoms with E-state index < -0.39 is 0 Å². The van der Waals surface area contributed by atoms with Crippen LogP contribution in [0.1, 0.15) is 18.5 Å². The van der Waals surface area contributed by atoms with Crippen LogP contribution in [0.3, 0.4) is 0 Å². The number of halogens is 1. The third kappa shape index (κ3) is 3.25. The third-order valence-electron chi connectivity index (χ3n) is 3.28. The molecule has 0 radical (unpaired) electrons. The lowest BCUT2D eigenvalue weighted by Crippen LogP contribution is -2.45. The molecule has 0 aromatic heterocycles. The molecule has 0 aliphatic carbocycles. The Morgan fingerprint density at radius 1 is 1.59 bits per heavy atom. The lowest BCUT2D eigenvalue weighted by molar-refractivity contribution is 0.166. The highest BCUT2D eigenvalue weighted by molar-refractivity contribution is 9.10. The second-order valence-corrected chi connectivity index (χ2v) is 6.53. The van der Waals surface area contributed by atoms with Gasteiger partial charge in [0.1, 0.15) is 0 Å². The molecule has 1 fully saturated rings. The number of benzene rings is 1. The smallest absolute Gasteiger partial charge is 0.0474 e. The SMILES string of the molecule is CC1CSCCN1C(CN)c1cccc(Br)c1. The van der Waals surface area contributed by atoms with E-state index in [9.17, 15) is 0 Å². The van der Waals surface area contributed by atoms with Gasteiger partial charge in [0, 0.05) is 41.2 Å². The fraction of sp³-hybridized carbons (Fsp3) is 0.538. The molecule has 1 aromatic rings. The molecule has 0 saturated carbocycles. The Bertz CT molecular complexity index is 372. The quantitative estimate of drug-likeness (QED) is 0.930. The lowest BCUT2D eigenvalue weighted by Gasteiger charge is -2.39. The summed E-state index contributed by atoms with van der Waals surface area (Å²) >= 11 is 5.58. The Balaban J connectivity index is 2.20. The first-order valence-corrected chi connectivity index (χ1v) is 7.96. The second-order valence-electron chi connectivity index (χ2n) is 4.47. The van der Waals surface area contributed by atoms with E-state index in [1.165, 1.54) is 17.1 Å². The maximum atomic E-state index is 5.98. The Hall–Kier alpha value is -0.0300. The molecular formula is C13H19BrN2S. The lowest BCUT2D eigenvalue weighted by atomic mass is 10.0. The van der Waals surface area contributed by atoms with Crippen LogP contribution < -0.4 is 5.73 Å². The molecule has 17 heavy (non-hydrogen) atoms. The summed E-state index contributed by atoms with van der Waals surface area (Å²) in [6.07, 6.45) is 0. The first-order valence-electron chi connectivity index (χ1n) is 6.01. The van der Waals surface area contributed by atoms with Gasteiger partial charge >= 0.3 is 0 Å². The molecule has 1 heterocycles. The van der Waals surface area contributed by atoms with Gasteiger partial charge in [0.2, 0.25) is 0 Å². The molecule has 1 aliphatic rings. The van der Waals surface area contributed by atoms with Crippen molar-refractivity contribution < 1.29 is 0 Å². The van der Waals surface area contributed by atoms with Crippen LogP contribution in [-0.2, 0) is 0 Å². The van der Waals surface area contributed by atoms with E-state index in [2.05, 4.69) is 52.0 Å². The van der Waals surface area contributed by atoms with Crippen LogP contribution in [0.2, 0.25) is 0 Å². The second kappa shape index (κ2) is 6.23. The van der Waals surface area contributed by atoms with Gasteiger partial charge in [-0.3, -0.25) is 4.90 Å². The Kier molecular flexibility index (Phi) is 4.91. The standard InChI is InChI=1S/C13H19BrN2S/c1-10-9-17-6-5-16(10)13(8-15)11-3-2-4-12(14)7-11/h2-4,7,10,13H,5-6,8-9,15H2,1H3. The van der Waals surface area contributed by atoms with Gasteiger partial charge in [0.05, 0.1) is 0 Å². The zero-order valence-corrected chi connectivity index (χ0v) is 12.5. The molecule has 2 atom stereocenters. The molecule has 4 heteroatoms. The normalized spacial score (nSPS) is 23.6. The summed E-state index contributed by atoms with van der Waals surface area (Å²) in [5, 5.41) is 0. The van der Waals surface area contributed by atoms with E-state index in [1.54, 1.807) is 0 Å². The van der Waals surface area contributed by atoms with Crippen molar-refractivity contribution in [2.24, 2.45) is 5.73 Å². The summed E-state index contributed by atoms with van der Waals surface area (Å²) in [6, 6.07) is 9.48. The molecule has 1 aromatic carbocycles. The topological polar surface area (TPSA) is 29.3 Å². The molecule has 2 N–H and O–H groups in total. The van der Waals surface area contributed by atoms with Crippen molar-refractivity contribution in [3.63, 3.8) is 0 Å². The highest BCUT2D eigenvalue weighted by Crippen LogP contribution is 2.28. The van der Waals surface area contributed by atoms with Crippen LogP contribution in [0, 0.1) is 0 Å². The summed E-state index contributed by atoms with van der Waals surface area (Å²) in [4.78, 5) is 2.54. The van der Waals surface area contributed by atoms with Crippen LogP contribution in [-0.4, -0.2) is 35.5 Å². The van der Waals surface area contributed by atoms with E-state index in [1.807, 2.05) is 11.8 Å². The average molecular weight is 315 g/mol. The fourth-order valence-electron chi connectivity index (χ4n) is 2.38. The minimum absolute atomic E-state index is 0.350. The van der Waals surface area contributed by atoms with Gasteiger partial charge in [-0.1, -0.05) is 28.1 Å². The molecule has 2 rings (SSSR count). The Morgan fingerprint density at radius 3 is 3.06 bits per heavy atom. The van der Waals surface area contributed by atoms with Gasteiger partial charge in [0.25, 0.3) is 0 Å². The van der Waals surface area contributed by atoms with E-state index in [4.69, 9.17) is 5.73 Å². The molecule has 2 unspecified atom stereocenters. The number of rotatable bonds is 3. The summed E-state index contributed by atoms with van der Waals surface area (Å²) in [7, 11) is 0. The number of hydrogen-bond acceptors (Lipinski definition) is 3. The monoisotopic (exact) mass is 314 g/mol. The van der Waals surface area contributed by atoms with Crippen molar-refractivity contribution in [3.05, 3.63) is 34.3 Å². The minimum atomic E-state index is 0.350. The number of nitrogens with zero attached hydrogens (tertiary/aromatic N) is 1. The van der Waals surface area contributed by atoms with E-state index in [0.717, 1.165) is 11.0 Å². The van der Waals surface area contributed by atoms with Crippen molar-refractivity contribution in [2.45, 2.75) is 19.0 Å². The van der Waals surface area contributed by atoms with Gasteiger partial charge in [-0.25, -0.2) is 0 Å². The third-order valence-corrected chi connectivity index (χ3v) is 4.96. The largest absolute Gasteiger partial charge is 0.329 e. The molecule has 0 spiro atoms. The molecule has 0 amide bonds. The van der Waals surface area contributed by atoms with Gasteiger partial charge in [0.15, 0.2) is 0 Å². The maximum absolute atomic E-state index is 5.98. The molecular weight excluding hydrogens is 296 g/mol. The fourth-order valence-corrected chi connectivity index (χ4v) is 3.84. The minimum Gasteiger partial charge on any atom is -0.329 e. The molecule has 1 saturated heterocycles. The average Bonchev–Trinajstić information content (AvgIpc) is 2.33. The van der Waals surface area contributed by atoms with Crippen LogP contribution in [0.15, 0.2) is 28.7 Å². The summed E-state index contributed by atoms with van der Waals surface area (Å²) in [6.45, 7) is 4.12. The molecule has 94 valence electrons. The number of nitrogens with two attached hydrogens (primary N) is 1. The van der Waals surface area contributed by atoms with Gasteiger partial charge in [-0.2, -0.15) is 11.8 Å². The van der Waals surface area contributed by atoms with Gasteiger partial charge in [-0.15, -0.1) is 0 Å². The molecule has 1 aliphatic heterocycles. The van der Waals surface area contributed by atoms with Crippen molar-refractivity contribution in [3.8, 4) is 0 Å². The highest BCUT2D eigenvalue weighted by atomic mass is 79.9. The van der Waals surface area contributed by atoms with E-state index >= 15 is 0 Å². The zero-order chi connectivity index (χ0) is 12.3. The predicted molar refractivity (Wildman–Crippen MR) is 79.4 cm³/mol. The first kappa shape index (κ1) is 13.4. The van der Waals surface area contributed by atoms with E-state index in [-0.39, 0.29) is 0 Å². The van der Waals surface area contributed by atoms with Gasteiger partial charge < -0.3 is 5.73 Å². The van der Waals surface area contributed by atoms with Crippen molar-refractivity contribution in [1.29, 1.82) is 0 Å². The van der Waals surface area contributed by atoms with Crippen LogP contribution in [0.5, 0.6) is 0 Å². The van der Waals surface area contributed by atoms with Crippen molar-refractivity contribution in [2.75, 3.05) is 24.6 Å². The number of hydrogen-bond donors (Lipinski definition) is 1. The number of thioether (sulfide) groups is 1. The highest BCUT2D eigenvalue weighted by Gasteiger charge is 2.26. The van der Waals surface area contributed by atoms with Crippen LogP contribution >= 0.6 is 27.7 Å². The predicted octanol–water partition coefficient (Wildman–Crippen LogP) is 2.89. The Morgan fingerprint density at radius 2 is 2.41 bits per heavy atom. The molecule has 2 nitrogen and oxygen atoms in total.